The predicted octanol–water partition coefficient (Wildman–Crippen LogP) is 1.79. The number of guanidine groups is 1. The second-order valence-corrected chi connectivity index (χ2v) is 6.50. The molecule has 0 aliphatic heterocycles. The van der Waals surface area contributed by atoms with Crippen LogP contribution in [0.25, 0.3) is 0 Å². The van der Waals surface area contributed by atoms with E-state index in [1.165, 1.54) is 5.01 Å². The van der Waals surface area contributed by atoms with E-state index in [-0.39, 0.29) is 0 Å². The van der Waals surface area contributed by atoms with Crippen LogP contribution in [0.3, 0.4) is 0 Å². The molecule has 2 aromatic rings. The number of aliphatic imine (C=N–C) groups is 1. The molecule has 0 saturated carbocycles. The van der Waals surface area contributed by atoms with Crippen LogP contribution in [-0.2, 0) is 19.4 Å². The van der Waals surface area contributed by atoms with E-state index in [0.717, 1.165) is 62.8 Å². The van der Waals surface area contributed by atoms with E-state index in [1.54, 1.807) is 24.7 Å². The lowest BCUT2D eigenvalue weighted by Crippen LogP contribution is -2.39. The molecule has 0 unspecified atom stereocenters. The SMILES string of the molecule is CCc1nncn1CCNC(=NC)NCCCCc1nc(C)cs1. The maximum Gasteiger partial charge on any atom is 0.191 e. The quantitative estimate of drug-likeness (QED) is 0.410. The summed E-state index contributed by atoms with van der Waals surface area (Å²) in [6, 6.07) is 0. The molecule has 0 spiro atoms. The van der Waals surface area contributed by atoms with Crippen LogP contribution in [0.4, 0.5) is 0 Å². The highest BCUT2D eigenvalue weighted by Gasteiger charge is 2.02. The zero-order chi connectivity index (χ0) is 17.2. The fraction of sp³-hybridized carbons (Fsp3) is 0.625. The summed E-state index contributed by atoms with van der Waals surface area (Å²) in [5.74, 6) is 1.85. The number of aryl methyl sites for hydroxylation is 3. The first-order chi connectivity index (χ1) is 11.7. The first-order valence-corrected chi connectivity index (χ1v) is 9.33. The van der Waals surface area contributed by atoms with Crippen LogP contribution in [0, 0.1) is 6.92 Å². The van der Waals surface area contributed by atoms with Gasteiger partial charge in [0.1, 0.15) is 12.2 Å². The van der Waals surface area contributed by atoms with Crippen LogP contribution in [-0.4, -0.2) is 45.8 Å². The van der Waals surface area contributed by atoms with E-state index in [2.05, 4.69) is 47.7 Å². The lowest BCUT2D eigenvalue weighted by atomic mass is 10.2. The van der Waals surface area contributed by atoms with Crippen molar-refractivity contribution in [3.63, 3.8) is 0 Å². The second kappa shape index (κ2) is 10.0. The van der Waals surface area contributed by atoms with Gasteiger partial charge >= 0.3 is 0 Å². The molecule has 2 rings (SSSR count). The van der Waals surface area contributed by atoms with E-state index in [9.17, 15) is 0 Å². The molecule has 24 heavy (non-hydrogen) atoms. The van der Waals surface area contributed by atoms with Crippen molar-refractivity contribution in [1.82, 2.24) is 30.4 Å². The molecule has 0 aromatic carbocycles. The van der Waals surface area contributed by atoms with Crippen molar-refractivity contribution in [3.8, 4) is 0 Å². The van der Waals surface area contributed by atoms with Crippen molar-refractivity contribution >= 4 is 17.3 Å². The minimum absolute atomic E-state index is 0.795. The van der Waals surface area contributed by atoms with Crippen LogP contribution in [0.5, 0.6) is 0 Å². The number of hydrogen-bond donors (Lipinski definition) is 2. The Hall–Kier alpha value is -1.96. The van der Waals surface area contributed by atoms with Gasteiger partial charge in [0.05, 0.1) is 5.01 Å². The number of unbranched alkanes of at least 4 members (excludes halogenated alkanes) is 1. The van der Waals surface area contributed by atoms with Crippen molar-refractivity contribution in [1.29, 1.82) is 0 Å². The number of nitrogens with one attached hydrogen (secondary N) is 2. The molecule has 0 amide bonds. The van der Waals surface area contributed by atoms with Gasteiger partial charge < -0.3 is 15.2 Å². The molecular formula is C16H27N7S. The summed E-state index contributed by atoms with van der Waals surface area (Å²) >= 11 is 1.75. The first kappa shape index (κ1) is 18.4. The van der Waals surface area contributed by atoms with Gasteiger partial charge in [-0.25, -0.2) is 4.98 Å². The van der Waals surface area contributed by atoms with Crippen molar-refractivity contribution in [2.45, 2.75) is 46.1 Å². The predicted molar refractivity (Wildman–Crippen MR) is 98.6 cm³/mol. The van der Waals surface area contributed by atoms with Crippen LogP contribution in [0.1, 0.15) is 36.3 Å². The normalized spacial score (nSPS) is 11.7. The van der Waals surface area contributed by atoms with E-state index < -0.39 is 0 Å². The van der Waals surface area contributed by atoms with Crippen LogP contribution in [0.2, 0.25) is 0 Å². The molecule has 132 valence electrons. The summed E-state index contributed by atoms with van der Waals surface area (Å²) in [6.45, 7) is 6.67. The molecule has 0 aliphatic rings. The van der Waals surface area contributed by atoms with Gasteiger partial charge in [0.2, 0.25) is 0 Å². The van der Waals surface area contributed by atoms with Gasteiger partial charge in [0.15, 0.2) is 5.96 Å². The molecule has 8 heteroatoms. The number of rotatable bonds is 9. The fourth-order valence-corrected chi connectivity index (χ4v) is 3.20. The Morgan fingerprint density at radius 1 is 1.29 bits per heavy atom. The maximum absolute atomic E-state index is 4.49. The summed E-state index contributed by atoms with van der Waals surface area (Å²) in [6.07, 6.45) is 5.96. The van der Waals surface area contributed by atoms with Crippen LogP contribution in [0.15, 0.2) is 16.7 Å². The summed E-state index contributed by atoms with van der Waals surface area (Å²) < 4.78 is 2.07. The highest BCUT2D eigenvalue weighted by molar-refractivity contribution is 7.09. The summed E-state index contributed by atoms with van der Waals surface area (Å²) in [4.78, 5) is 8.74. The molecule has 2 aromatic heterocycles. The molecule has 2 N–H and O–H groups in total. The van der Waals surface area contributed by atoms with E-state index in [4.69, 9.17) is 0 Å². The Balaban J connectivity index is 1.58. The molecular weight excluding hydrogens is 322 g/mol. The molecule has 0 atom stereocenters. The third-order valence-corrected chi connectivity index (χ3v) is 4.68. The number of aromatic nitrogens is 4. The minimum Gasteiger partial charge on any atom is -0.356 e. The van der Waals surface area contributed by atoms with E-state index in [0.29, 0.717) is 0 Å². The third-order valence-electron chi connectivity index (χ3n) is 3.66. The highest BCUT2D eigenvalue weighted by atomic mass is 32.1. The average molecular weight is 350 g/mol. The van der Waals surface area contributed by atoms with Gasteiger partial charge in [0, 0.05) is 44.2 Å². The lowest BCUT2D eigenvalue weighted by molar-refractivity contribution is 0.627. The van der Waals surface area contributed by atoms with Gasteiger partial charge in [-0.3, -0.25) is 4.99 Å². The second-order valence-electron chi connectivity index (χ2n) is 5.56. The summed E-state index contributed by atoms with van der Waals surface area (Å²) in [5.41, 5.74) is 1.12. The van der Waals surface area contributed by atoms with Crippen LogP contribution >= 0.6 is 11.3 Å². The average Bonchev–Trinajstić information content (AvgIpc) is 3.21. The molecule has 7 nitrogen and oxygen atoms in total. The smallest absolute Gasteiger partial charge is 0.191 e. The maximum atomic E-state index is 4.49. The Morgan fingerprint density at radius 2 is 2.12 bits per heavy atom. The topological polar surface area (TPSA) is 80.0 Å². The van der Waals surface area contributed by atoms with E-state index in [1.807, 2.05) is 6.92 Å². The Kier molecular flexibility index (Phi) is 7.67. The van der Waals surface area contributed by atoms with Gasteiger partial charge in [0.25, 0.3) is 0 Å². The van der Waals surface area contributed by atoms with Crippen LogP contribution < -0.4 is 10.6 Å². The minimum atomic E-state index is 0.795. The molecule has 0 aliphatic carbocycles. The number of nitrogens with zero attached hydrogens (tertiary/aromatic N) is 5. The van der Waals surface area contributed by atoms with Gasteiger partial charge in [-0.1, -0.05) is 6.92 Å². The Morgan fingerprint density at radius 3 is 2.83 bits per heavy atom. The zero-order valence-corrected chi connectivity index (χ0v) is 15.6. The van der Waals surface area contributed by atoms with Crippen molar-refractivity contribution < 1.29 is 0 Å². The standard InChI is InChI=1S/C16H27N7S/c1-4-14-22-20-12-23(14)10-9-19-16(17-3)18-8-6-5-7-15-21-13(2)11-24-15/h11-12H,4-10H2,1-3H3,(H2,17,18,19). The van der Waals surface area contributed by atoms with Crippen molar-refractivity contribution in [3.05, 3.63) is 28.2 Å². The van der Waals surface area contributed by atoms with Crippen molar-refractivity contribution in [2.24, 2.45) is 4.99 Å². The molecule has 0 fully saturated rings. The lowest BCUT2D eigenvalue weighted by Gasteiger charge is -2.12. The summed E-state index contributed by atoms with van der Waals surface area (Å²) in [5, 5.41) is 18.0. The monoisotopic (exact) mass is 349 g/mol. The highest BCUT2D eigenvalue weighted by Crippen LogP contribution is 2.11. The molecule has 0 saturated heterocycles. The Labute approximate surface area is 147 Å². The molecule has 0 bridgehead atoms. The fourth-order valence-electron chi connectivity index (χ4n) is 2.38. The van der Waals surface area contributed by atoms with Gasteiger partial charge in [-0.2, -0.15) is 0 Å². The number of hydrogen-bond acceptors (Lipinski definition) is 5. The van der Waals surface area contributed by atoms with Gasteiger partial charge in [-0.05, 0) is 26.2 Å². The van der Waals surface area contributed by atoms with E-state index >= 15 is 0 Å². The van der Waals surface area contributed by atoms with Gasteiger partial charge in [-0.15, -0.1) is 21.5 Å². The van der Waals surface area contributed by atoms with Crippen molar-refractivity contribution in [2.75, 3.05) is 20.1 Å². The zero-order valence-electron chi connectivity index (χ0n) is 14.7. The summed E-state index contributed by atoms with van der Waals surface area (Å²) in [7, 11) is 1.80. The first-order valence-electron chi connectivity index (χ1n) is 8.45. The molecule has 2 heterocycles. The largest absolute Gasteiger partial charge is 0.356 e. The number of thiazole rings is 1. The molecule has 0 radical (unpaired) electrons. The Bertz CT molecular complexity index is 632. The third kappa shape index (κ3) is 5.92.